The van der Waals surface area contributed by atoms with Gasteiger partial charge in [-0.25, -0.2) is 0 Å². The zero-order chi connectivity index (χ0) is 13.0. The molecule has 0 aliphatic carbocycles. The fraction of sp³-hybridized carbons (Fsp3) is 0.917. The number of β-amino-alcohol motifs (C(OH)–C–C–N with tert-alkyl or cyclic N) is 1. The van der Waals surface area contributed by atoms with Gasteiger partial charge in [0.1, 0.15) is 0 Å². The molecule has 18 heavy (non-hydrogen) atoms. The Bertz CT molecular complexity index is 286. The number of hydrogen-bond acceptors (Lipinski definition) is 6. The number of nitrogens with one attached hydrogen (secondary N) is 1. The normalized spacial score (nSPS) is 37.2. The van der Waals surface area contributed by atoms with Crippen molar-refractivity contribution in [1.82, 2.24) is 5.32 Å². The summed E-state index contributed by atoms with van der Waals surface area (Å²) in [7, 11) is 1.38. The number of ether oxygens (including phenoxy) is 3. The number of aliphatic hydroxyl groups is 1. The van der Waals surface area contributed by atoms with Crippen LogP contribution in [0.5, 0.6) is 0 Å². The van der Waals surface area contributed by atoms with Crippen molar-refractivity contribution in [3.05, 3.63) is 0 Å². The van der Waals surface area contributed by atoms with Crippen molar-refractivity contribution in [1.29, 1.82) is 0 Å². The van der Waals surface area contributed by atoms with E-state index in [1.165, 1.54) is 7.11 Å². The van der Waals surface area contributed by atoms with Gasteiger partial charge < -0.3 is 24.6 Å². The summed E-state index contributed by atoms with van der Waals surface area (Å²) in [6.07, 6.45) is 1.43. The minimum Gasteiger partial charge on any atom is -0.469 e. The van der Waals surface area contributed by atoms with Gasteiger partial charge in [0.05, 0.1) is 45.1 Å². The van der Waals surface area contributed by atoms with Gasteiger partial charge in [-0.1, -0.05) is 0 Å². The Morgan fingerprint density at radius 3 is 3.06 bits per heavy atom. The van der Waals surface area contributed by atoms with Gasteiger partial charge in [0.15, 0.2) is 0 Å². The van der Waals surface area contributed by atoms with Crippen LogP contribution < -0.4 is 5.32 Å². The molecule has 2 aliphatic heterocycles. The molecule has 4 atom stereocenters. The van der Waals surface area contributed by atoms with Crippen LogP contribution >= 0.6 is 0 Å². The Morgan fingerprint density at radius 2 is 2.28 bits per heavy atom. The number of carbonyl (C=O) groups excluding carboxylic acids is 1. The van der Waals surface area contributed by atoms with Gasteiger partial charge in [-0.2, -0.15) is 0 Å². The highest BCUT2D eigenvalue weighted by molar-refractivity contribution is 5.69. The highest BCUT2D eigenvalue weighted by atomic mass is 16.6. The smallest absolute Gasteiger partial charge is 0.308 e. The molecule has 0 spiro atoms. The average molecular weight is 259 g/mol. The molecule has 2 aliphatic rings. The van der Waals surface area contributed by atoms with Crippen molar-refractivity contribution in [2.45, 2.75) is 43.6 Å². The molecule has 0 aromatic carbocycles. The number of methoxy groups -OCH3 is 1. The highest BCUT2D eigenvalue weighted by Gasteiger charge is 2.33. The van der Waals surface area contributed by atoms with E-state index in [2.05, 4.69) is 10.1 Å². The second kappa shape index (κ2) is 6.47. The third-order valence-electron chi connectivity index (χ3n) is 3.45. The first-order chi connectivity index (χ1) is 8.69. The maximum atomic E-state index is 11.2. The zero-order valence-corrected chi connectivity index (χ0v) is 10.6. The van der Waals surface area contributed by atoms with Gasteiger partial charge >= 0.3 is 5.97 Å². The van der Waals surface area contributed by atoms with Crippen LogP contribution in [0.2, 0.25) is 0 Å². The van der Waals surface area contributed by atoms with Gasteiger partial charge in [0.2, 0.25) is 0 Å². The molecule has 0 amide bonds. The third-order valence-corrected chi connectivity index (χ3v) is 3.45. The molecule has 0 saturated carbocycles. The Kier molecular flexibility index (Phi) is 4.94. The van der Waals surface area contributed by atoms with E-state index in [4.69, 9.17) is 9.47 Å². The largest absolute Gasteiger partial charge is 0.469 e. The average Bonchev–Trinajstić information content (AvgIpc) is 2.35. The Morgan fingerprint density at radius 1 is 1.44 bits per heavy atom. The molecule has 6 heteroatoms. The molecule has 2 saturated heterocycles. The first-order valence-electron chi connectivity index (χ1n) is 6.40. The van der Waals surface area contributed by atoms with Gasteiger partial charge in [-0.15, -0.1) is 0 Å². The van der Waals surface area contributed by atoms with Crippen LogP contribution in [0.3, 0.4) is 0 Å². The monoisotopic (exact) mass is 259 g/mol. The van der Waals surface area contributed by atoms with Crippen molar-refractivity contribution in [2.24, 2.45) is 0 Å². The SMILES string of the molecule is COC(=O)C[C@H]1CC[C@H]2NC[C@@H](O)COC[C@@H]2O1. The standard InChI is InChI=1S/C12H21NO5/c1-16-12(15)4-9-2-3-10-11(18-9)7-17-6-8(14)5-13-10/h8-11,13-14H,2-7H2,1H3/t8-,9-,10-,11+/m1/s1. The van der Waals surface area contributed by atoms with E-state index in [0.29, 0.717) is 26.2 Å². The molecular formula is C12H21NO5. The Hall–Kier alpha value is -0.690. The quantitative estimate of drug-likeness (QED) is 0.648. The summed E-state index contributed by atoms with van der Waals surface area (Å²) < 4.78 is 15.9. The molecular weight excluding hydrogens is 238 g/mol. The summed E-state index contributed by atoms with van der Waals surface area (Å²) in [5, 5.41) is 12.8. The number of aliphatic hydroxyl groups excluding tert-OH is 1. The molecule has 0 aromatic heterocycles. The van der Waals surface area contributed by atoms with Crippen LogP contribution in [0.1, 0.15) is 19.3 Å². The van der Waals surface area contributed by atoms with E-state index < -0.39 is 6.10 Å². The summed E-state index contributed by atoms with van der Waals surface area (Å²) in [4.78, 5) is 11.2. The first-order valence-corrected chi connectivity index (χ1v) is 6.40. The molecule has 6 nitrogen and oxygen atoms in total. The first kappa shape index (κ1) is 13.7. The van der Waals surface area contributed by atoms with E-state index in [9.17, 15) is 9.90 Å². The summed E-state index contributed by atoms with van der Waals surface area (Å²) >= 11 is 0. The van der Waals surface area contributed by atoms with E-state index in [-0.39, 0.29) is 24.2 Å². The van der Waals surface area contributed by atoms with Crippen LogP contribution in [0.15, 0.2) is 0 Å². The maximum absolute atomic E-state index is 11.2. The minimum absolute atomic E-state index is 0.0547. The summed E-state index contributed by atoms with van der Waals surface area (Å²) in [5.41, 5.74) is 0. The van der Waals surface area contributed by atoms with Gasteiger partial charge in [-0.3, -0.25) is 4.79 Å². The van der Waals surface area contributed by atoms with Crippen molar-refractivity contribution in [3.63, 3.8) is 0 Å². The number of rotatable bonds is 2. The predicted octanol–water partition coefficient (Wildman–Crippen LogP) is -0.554. The molecule has 2 rings (SSSR count). The van der Waals surface area contributed by atoms with Crippen molar-refractivity contribution in [2.75, 3.05) is 26.9 Å². The highest BCUT2D eigenvalue weighted by Crippen LogP contribution is 2.23. The summed E-state index contributed by atoms with van der Waals surface area (Å²) in [5.74, 6) is -0.242. The molecule has 0 unspecified atom stereocenters. The second-order valence-corrected chi connectivity index (χ2v) is 4.86. The second-order valence-electron chi connectivity index (χ2n) is 4.86. The lowest BCUT2D eigenvalue weighted by Crippen LogP contribution is -2.53. The molecule has 104 valence electrons. The molecule has 0 aromatic rings. The topological polar surface area (TPSA) is 77.0 Å². The fourth-order valence-electron chi connectivity index (χ4n) is 2.44. The fourth-order valence-corrected chi connectivity index (χ4v) is 2.44. The van der Waals surface area contributed by atoms with Gasteiger partial charge in [0.25, 0.3) is 0 Å². The molecule has 0 radical (unpaired) electrons. The number of esters is 1. The van der Waals surface area contributed by atoms with Crippen LogP contribution in [-0.2, 0) is 19.0 Å². The van der Waals surface area contributed by atoms with Crippen molar-refractivity contribution >= 4 is 5.97 Å². The van der Waals surface area contributed by atoms with Crippen molar-refractivity contribution in [3.8, 4) is 0 Å². The van der Waals surface area contributed by atoms with Gasteiger partial charge in [0, 0.05) is 12.6 Å². The molecule has 2 heterocycles. The Labute approximate surface area is 107 Å². The zero-order valence-electron chi connectivity index (χ0n) is 10.6. The predicted molar refractivity (Wildman–Crippen MR) is 63.1 cm³/mol. The van der Waals surface area contributed by atoms with Crippen LogP contribution in [0, 0.1) is 0 Å². The van der Waals surface area contributed by atoms with E-state index in [0.717, 1.165) is 12.8 Å². The lowest BCUT2D eigenvalue weighted by Gasteiger charge is -2.38. The lowest BCUT2D eigenvalue weighted by atomic mass is 9.96. The maximum Gasteiger partial charge on any atom is 0.308 e. The third kappa shape index (κ3) is 3.65. The number of fused-ring (bicyclic) bond motifs is 1. The minimum atomic E-state index is -0.459. The summed E-state index contributed by atoms with van der Waals surface area (Å²) in [6.45, 7) is 1.29. The van der Waals surface area contributed by atoms with Gasteiger partial charge in [-0.05, 0) is 12.8 Å². The lowest BCUT2D eigenvalue weighted by molar-refractivity contribution is -0.152. The molecule has 0 bridgehead atoms. The number of carbonyl (C=O) groups is 1. The van der Waals surface area contributed by atoms with Crippen LogP contribution in [-0.4, -0.2) is 62.3 Å². The molecule has 2 fully saturated rings. The van der Waals surface area contributed by atoms with Crippen molar-refractivity contribution < 1.29 is 24.1 Å². The summed E-state index contributed by atoms with van der Waals surface area (Å²) in [6, 6.07) is 0.189. The molecule has 2 N–H and O–H groups in total. The van der Waals surface area contributed by atoms with E-state index in [1.807, 2.05) is 0 Å². The Balaban J connectivity index is 1.85. The van der Waals surface area contributed by atoms with Crippen LogP contribution in [0.4, 0.5) is 0 Å². The van der Waals surface area contributed by atoms with Crippen LogP contribution in [0.25, 0.3) is 0 Å². The van der Waals surface area contributed by atoms with E-state index in [1.54, 1.807) is 0 Å². The number of hydrogen-bond donors (Lipinski definition) is 2. The van der Waals surface area contributed by atoms with E-state index >= 15 is 0 Å².